The molecule has 0 radical (unpaired) electrons. The molecule has 1 rings (SSSR count). The second kappa shape index (κ2) is 4.77. The van der Waals surface area contributed by atoms with Gasteiger partial charge < -0.3 is 0 Å². The molecule has 0 saturated carbocycles. The molecule has 3 nitrogen and oxygen atoms in total. The summed E-state index contributed by atoms with van der Waals surface area (Å²) in [4.78, 5) is 0.0242. The third-order valence-corrected chi connectivity index (χ3v) is 3.47. The zero-order valence-corrected chi connectivity index (χ0v) is 9.84. The van der Waals surface area contributed by atoms with Crippen LogP contribution in [0.4, 0.5) is 0 Å². The first-order valence-electron chi connectivity index (χ1n) is 5.02. The summed E-state index contributed by atoms with van der Waals surface area (Å²) >= 11 is 0. The van der Waals surface area contributed by atoms with E-state index >= 15 is 0 Å². The van der Waals surface area contributed by atoms with E-state index in [2.05, 4.69) is 6.92 Å². The first-order valence-corrected chi connectivity index (χ1v) is 6.46. The average molecular weight is 228 g/mol. The summed E-state index contributed by atoms with van der Waals surface area (Å²) in [7, 11) is -4.08. The quantitative estimate of drug-likeness (QED) is 0.806. The summed E-state index contributed by atoms with van der Waals surface area (Å²) in [5.41, 5.74) is 1.65. The van der Waals surface area contributed by atoms with Gasteiger partial charge in [-0.05, 0) is 37.0 Å². The summed E-state index contributed by atoms with van der Waals surface area (Å²) < 4.78 is 31.1. The highest BCUT2D eigenvalue weighted by atomic mass is 32.2. The molecule has 0 aromatic heterocycles. The van der Waals surface area contributed by atoms with Crippen LogP contribution < -0.4 is 0 Å². The van der Waals surface area contributed by atoms with Gasteiger partial charge in [-0.2, -0.15) is 8.42 Å². The molecule has 0 amide bonds. The van der Waals surface area contributed by atoms with Gasteiger partial charge in [0.05, 0.1) is 4.90 Å². The highest BCUT2D eigenvalue weighted by Gasteiger charge is 2.14. The van der Waals surface area contributed by atoms with Crippen LogP contribution in [0.25, 0.3) is 0 Å². The maximum Gasteiger partial charge on any atom is 0.294 e. The van der Waals surface area contributed by atoms with Crippen molar-refractivity contribution in [2.24, 2.45) is 0 Å². The Kier molecular flexibility index (Phi) is 3.88. The topological polar surface area (TPSA) is 54.4 Å². The van der Waals surface area contributed by atoms with E-state index in [0.717, 1.165) is 24.8 Å². The van der Waals surface area contributed by atoms with Crippen LogP contribution in [0.2, 0.25) is 0 Å². The van der Waals surface area contributed by atoms with Crippen molar-refractivity contribution in [3.63, 3.8) is 0 Å². The molecule has 0 fully saturated rings. The van der Waals surface area contributed by atoms with Crippen molar-refractivity contribution in [1.82, 2.24) is 0 Å². The molecule has 1 aromatic rings. The normalized spacial score (nSPS) is 11.7. The van der Waals surface area contributed by atoms with Gasteiger partial charge in [-0.3, -0.25) is 4.55 Å². The van der Waals surface area contributed by atoms with Gasteiger partial charge in [0.15, 0.2) is 0 Å². The van der Waals surface area contributed by atoms with E-state index in [4.69, 9.17) is 4.55 Å². The Hall–Kier alpha value is -0.870. The number of hydrogen-bond acceptors (Lipinski definition) is 2. The van der Waals surface area contributed by atoms with Crippen molar-refractivity contribution >= 4 is 10.1 Å². The highest BCUT2D eigenvalue weighted by Crippen LogP contribution is 2.20. The maximum atomic E-state index is 11.0. The van der Waals surface area contributed by atoms with Crippen molar-refractivity contribution in [1.29, 1.82) is 0 Å². The molecule has 15 heavy (non-hydrogen) atoms. The molecule has 0 saturated heterocycles. The van der Waals surface area contributed by atoms with E-state index in [1.165, 1.54) is 6.07 Å². The lowest BCUT2D eigenvalue weighted by Crippen LogP contribution is -2.03. The van der Waals surface area contributed by atoms with E-state index in [1.807, 2.05) is 6.07 Å². The molecular formula is C11H16O3S. The van der Waals surface area contributed by atoms with Crippen LogP contribution in [0.5, 0.6) is 0 Å². The zero-order chi connectivity index (χ0) is 11.5. The molecule has 0 aliphatic rings. The Morgan fingerprint density at radius 3 is 2.53 bits per heavy atom. The predicted molar refractivity (Wildman–Crippen MR) is 59.6 cm³/mol. The van der Waals surface area contributed by atoms with Crippen LogP contribution in [0.15, 0.2) is 23.1 Å². The number of aryl methyl sites for hydroxylation is 1. The zero-order valence-electron chi connectivity index (χ0n) is 9.03. The van der Waals surface area contributed by atoms with Gasteiger partial charge in [-0.15, -0.1) is 0 Å². The van der Waals surface area contributed by atoms with Gasteiger partial charge in [0, 0.05) is 0 Å². The van der Waals surface area contributed by atoms with E-state index in [1.54, 1.807) is 13.0 Å². The second-order valence-electron chi connectivity index (χ2n) is 3.62. The molecule has 0 atom stereocenters. The largest absolute Gasteiger partial charge is 0.294 e. The van der Waals surface area contributed by atoms with Gasteiger partial charge in [-0.1, -0.05) is 25.5 Å². The molecule has 1 aromatic carbocycles. The standard InChI is InChI=1S/C11H16O3S/c1-3-4-6-10-7-5-8-11(9(10)2)15(12,13)14/h5,7-8H,3-4,6H2,1-2H3,(H,12,13,14). The van der Waals surface area contributed by atoms with E-state index in [9.17, 15) is 8.42 Å². The lowest BCUT2D eigenvalue weighted by molar-refractivity contribution is 0.482. The van der Waals surface area contributed by atoms with Gasteiger partial charge >= 0.3 is 0 Å². The molecule has 0 unspecified atom stereocenters. The molecular weight excluding hydrogens is 212 g/mol. The number of unbranched alkanes of at least 4 members (excludes halogenated alkanes) is 1. The first-order chi connectivity index (χ1) is 6.96. The van der Waals surface area contributed by atoms with Crippen LogP contribution >= 0.6 is 0 Å². The first kappa shape index (κ1) is 12.2. The van der Waals surface area contributed by atoms with Gasteiger partial charge in [-0.25, -0.2) is 0 Å². The van der Waals surface area contributed by atoms with Gasteiger partial charge in [0.2, 0.25) is 0 Å². The van der Waals surface area contributed by atoms with Crippen LogP contribution in [-0.2, 0) is 16.5 Å². The number of benzene rings is 1. The molecule has 0 aliphatic carbocycles. The third-order valence-electron chi connectivity index (χ3n) is 2.47. The average Bonchev–Trinajstić information content (AvgIpc) is 2.14. The second-order valence-corrected chi connectivity index (χ2v) is 5.01. The minimum absolute atomic E-state index is 0.0242. The summed E-state index contributed by atoms with van der Waals surface area (Å²) in [5, 5.41) is 0. The molecule has 0 spiro atoms. The van der Waals surface area contributed by atoms with E-state index in [0.29, 0.717) is 5.56 Å². The monoisotopic (exact) mass is 228 g/mol. The van der Waals surface area contributed by atoms with Crippen molar-refractivity contribution in [3.05, 3.63) is 29.3 Å². The molecule has 1 N–H and O–H groups in total. The molecule has 4 heteroatoms. The fourth-order valence-electron chi connectivity index (χ4n) is 1.58. The molecule has 84 valence electrons. The Morgan fingerprint density at radius 2 is 2.00 bits per heavy atom. The Labute approximate surface area is 90.9 Å². The summed E-state index contributed by atoms with van der Waals surface area (Å²) in [6.45, 7) is 3.82. The van der Waals surface area contributed by atoms with E-state index in [-0.39, 0.29) is 4.90 Å². The van der Waals surface area contributed by atoms with Crippen molar-refractivity contribution in [2.75, 3.05) is 0 Å². The highest BCUT2D eigenvalue weighted by molar-refractivity contribution is 7.85. The van der Waals surface area contributed by atoms with Gasteiger partial charge in [0.25, 0.3) is 10.1 Å². The minimum Gasteiger partial charge on any atom is -0.282 e. The van der Waals surface area contributed by atoms with Crippen molar-refractivity contribution in [2.45, 2.75) is 38.0 Å². The predicted octanol–water partition coefficient (Wildman–Crippen LogP) is 2.58. The molecule has 0 heterocycles. The van der Waals surface area contributed by atoms with Gasteiger partial charge in [0.1, 0.15) is 0 Å². The Balaban J connectivity index is 3.12. The van der Waals surface area contributed by atoms with E-state index < -0.39 is 10.1 Å². The third kappa shape index (κ3) is 3.04. The summed E-state index contributed by atoms with van der Waals surface area (Å²) in [5.74, 6) is 0. The van der Waals surface area contributed by atoms with Crippen LogP contribution in [0, 0.1) is 6.92 Å². The van der Waals surface area contributed by atoms with Crippen LogP contribution in [0.1, 0.15) is 30.9 Å². The summed E-state index contributed by atoms with van der Waals surface area (Å²) in [6, 6.07) is 5.00. The van der Waals surface area contributed by atoms with Crippen molar-refractivity contribution in [3.8, 4) is 0 Å². The Morgan fingerprint density at radius 1 is 1.33 bits per heavy atom. The van der Waals surface area contributed by atoms with Crippen LogP contribution in [-0.4, -0.2) is 13.0 Å². The fraction of sp³-hybridized carbons (Fsp3) is 0.455. The van der Waals surface area contributed by atoms with Crippen molar-refractivity contribution < 1.29 is 13.0 Å². The van der Waals surface area contributed by atoms with Crippen LogP contribution in [0.3, 0.4) is 0 Å². The number of rotatable bonds is 4. The minimum atomic E-state index is -4.08. The SMILES string of the molecule is CCCCc1cccc(S(=O)(=O)O)c1C. The molecule has 0 bridgehead atoms. The molecule has 0 aliphatic heterocycles. The fourth-order valence-corrected chi connectivity index (χ4v) is 2.35. The maximum absolute atomic E-state index is 11.0. The Bertz CT molecular complexity index is 435. The smallest absolute Gasteiger partial charge is 0.282 e. The summed E-state index contributed by atoms with van der Waals surface area (Å²) in [6.07, 6.45) is 2.94. The lowest BCUT2D eigenvalue weighted by atomic mass is 10.0. The lowest BCUT2D eigenvalue weighted by Gasteiger charge is -2.08. The number of hydrogen-bond donors (Lipinski definition) is 1.